The van der Waals surface area contributed by atoms with Gasteiger partial charge in [0.05, 0.1) is 9.92 Å². The Kier molecular flexibility index (Phi) is 3.54. The zero-order valence-corrected chi connectivity index (χ0v) is 10.1. The monoisotopic (exact) mass is 245 g/mol. The Morgan fingerprint density at radius 1 is 1.53 bits per heavy atom. The van der Waals surface area contributed by atoms with E-state index in [2.05, 4.69) is 5.32 Å². The molecular weight excluding hydrogens is 233 g/mol. The lowest BCUT2D eigenvalue weighted by Gasteiger charge is -2.11. The number of rotatable bonds is 2. The third-order valence-electron chi connectivity index (χ3n) is 2.76. The average Bonchev–Trinajstić information content (AvgIpc) is 2.69. The van der Waals surface area contributed by atoms with Crippen LogP contribution < -0.4 is 5.32 Å². The molecule has 0 spiro atoms. The molecule has 0 radical (unpaired) electrons. The molecule has 1 aliphatic heterocycles. The van der Waals surface area contributed by atoms with E-state index in [0.717, 1.165) is 25.1 Å². The Bertz CT molecular complexity index is 341. The van der Waals surface area contributed by atoms with Gasteiger partial charge in [-0.15, -0.1) is 11.8 Å². The highest BCUT2D eigenvalue weighted by Crippen LogP contribution is 2.33. The minimum atomic E-state index is -0.197. The van der Waals surface area contributed by atoms with Crippen LogP contribution >= 0.6 is 23.4 Å². The van der Waals surface area contributed by atoms with Gasteiger partial charge in [0, 0.05) is 6.54 Å². The van der Waals surface area contributed by atoms with E-state index in [4.69, 9.17) is 11.6 Å². The van der Waals surface area contributed by atoms with Crippen LogP contribution in [0.3, 0.4) is 0 Å². The molecule has 1 N–H and O–H groups in total. The fourth-order valence-electron chi connectivity index (χ4n) is 1.95. The minimum absolute atomic E-state index is 0.197. The number of nitrogens with one attached hydrogen (secondary N) is 1. The Hall–Kier alpha value is -0.250. The highest BCUT2D eigenvalue weighted by atomic mass is 35.5. The second-order valence-electron chi connectivity index (χ2n) is 3.71. The van der Waals surface area contributed by atoms with E-state index < -0.39 is 0 Å². The second-order valence-corrected chi connectivity index (χ2v) is 4.93. The van der Waals surface area contributed by atoms with Crippen molar-refractivity contribution in [3.63, 3.8) is 0 Å². The molecule has 1 saturated heterocycles. The molecule has 0 saturated carbocycles. The summed E-state index contributed by atoms with van der Waals surface area (Å²) in [5.74, 6) is 0.213. The average molecular weight is 246 g/mol. The first-order valence-corrected chi connectivity index (χ1v) is 6.56. The van der Waals surface area contributed by atoms with Gasteiger partial charge in [-0.25, -0.2) is 4.39 Å². The van der Waals surface area contributed by atoms with Gasteiger partial charge in [-0.05, 0) is 42.8 Å². The van der Waals surface area contributed by atoms with Crippen molar-refractivity contribution in [2.75, 3.05) is 19.3 Å². The van der Waals surface area contributed by atoms with Gasteiger partial charge in [-0.3, -0.25) is 0 Å². The quantitative estimate of drug-likeness (QED) is 0.803. The molecule has 1 aliphatic rings. The summed E-state index contributed by atoms with van der Waals surface area (Å²) in [5, 5.41) is 3.80. The van der Waals surface area contributed by atoms with Crippen molar-refractivity contribution in [2.24, 2.45) is 0 Å². The van der Waals surface area contributed by atoms with Crippen LogP contribution in [0.5, 0.6) is 0 Å². The summed E-state index contributed by atoms with van der Waals surface area (Å²) < 4.78 is 13.6. The largest absolute Gasteiger partial charge is 0.316 e. The van der Waals surface area contributed by atoms with E-state index in [-0.39, 0.29) is 5.82 Å². The molecule has 2 rings (SSSR count). The third kappa shape index (κ3) is 2.30. The number of thioether (sulfide) groups is 1. The Labute approximate surface area is 98.4 Å². The molecule has 0 aliphatic carbocycles. The van der Waals surface area contributed by atoms with Gasteiger partial charge in [0.2, 0.25) is 0 Å². The summed E-state index contributed by atoms with van der Waals surface area (Å²) in [4.78, 5) is 0.548. The first-order chi connectivity index (χ1) is 7.22. The number of hydrogen-bond acceptors (Lipinski definition) is 2. The highest BCUT2D eigenvalue weighted by molar-refractivity contribution is 7.98. The SMILES string of the molecule is CSc1c(F)cc(C2CCNC2)cc1Cl. The van der Waals surface area contributed by atoms with E-state index in [0.29, 0.717) is 15.8 Å². The highest BCUT2D eigenvalue weighted by Gasteiger charge is 2.19. The van der Waals surface area contributed by atoms with E-state index in [1.54, 1.807) is 6.07 Å². The zero-order chi connectivity index (χ0) is 10.8. The van der Waals surface area contributed by atoms with Crippen LogP contribution in [0.4, 0.5) is 4.39 Å². The lowest BCUT2D eigenvalue weighted by atomic mass is 9.98. The fourth-order valence-corrected chi connectivity index (χ4v) is 2.90. The lowest BCUT2D eigenvalue weighted by molar-refractivity contribution is 0.596. The van der Waals surface area contributed by atoms with Crippen molar-refractivity contribution in [2.45, 2.75) is 17.2 Å². The van der Waals surface area contributed by atoms with Crippen molar-refractivity contribution < 1.29 is 4.39 Å². The molecule has 1 nitrogen and oxygen atoms in total. The Balaban J connectivity index is 2.33. The summed E-state index contributed by atoms with van der Waals surface area (Å²) in [5.41, 5.74) is 1.01. The summed E-state index contributed by atoms with van der Waals surface area (Å²) in [7, 11) is 0. The number of hydrogen-bond donors (Lipinski definition) is 1. The molecule has 1 heterocycles. The maximum atomic E-state index is 13.6. The lowest BCUT2D eigenvalue weighted by Crippen LogP contribution is -2.08. The Morgan fingerprint density at radius 3 is 2.87 bits per heavy atom. The van der Waals surface area contributed by atoms with Gasteiger partial charge in [0.1, 0.15) is 5.82 Å². The smallest absolute Gasteiger partial charge is 0.138 e. The van der Waals surface area contributed by atoms with Crippen LogP contribution in [0, 0.1) is 5.82 Å². The maximum absolute atomic E-state index is 13.6. The van der Waals surface area contributed by atoms with Crippen LogP contribution in [-0.2, 0) is 0 Å². The summed E-state index contributed by atoms with van der Waals surface area (Å²) in [6.07, 6.45) is 2.90. The molecule has 4 heteroatoms. The second kappa shape index (κ2) is 4.73. The molecule has 0 aromatic heterocycles. The van der Waals surface area contributed by atoms with Crippen molar-refractivity contribution in [3.05, 3.63) is 28.5 Å². The van der Waals surface area contributed by atoms with Crippen LogP contribution in [0.2, 0.25) is 5.02 Å². The van der Waals surface area contributed by atoms with Gasteiger partial charge in [0.25, 0.3) is 0 Å². The molecule has 1 fully saturated rings. The fraction of sp³-hybridized carbons (Fsp3) is 0.455. The molecule has 1 aromatic carbocycles. The third-order valence-corrected chi connectivity index (χ3v) is 3.99. The summed E-state index contributed by atoms with van der Waals surface area (Å²) in [6, 6.07) is 3.52. The predicted molar refractivity (Wildman–Crippen MR) is 63.4 cm³/mol. The van der Waals surface area contributed by atoms with E-state index >= 15 is 0 Å². The van der Waals surface area contributed by atoms with E-state index in [1.807, 2.05) is 12.3 Å². The topological polar surface area (TPSA) is 12.0 Å². The van der Waals surface area contributed by atoms with Gasteiger partial charge in [-0.1, -0.05) is 11.6 Å². The van der Waals surface area contributed by atoms with Gasteiger partial charge < -0.3 is 5.32 Å². The van der Waals surface area contributed by atoms with Crippen LogP contribution in [0.15, 0.2) is 17.0 Å². The molecule has 0 amide bonds. The molecular formula is C11H13ClFNS. The van der Waals surface area contributed by atoms with Crippen molar-refractivity contribution >= 4 is 23.4 Å². The molecule has 1 unspecified atom stereocenters. The molecule has 1 aromatic rings. The first-order valence-electron chi connectivity index (χ1n) is 4.96. The van der Waals surface area contributed by atoms with Crippen LogP contribution in [0.25, 0.3) is 0 Å². The van der Waals surface area contributed by atoms with Crippen molar-refractivity contribution in [1.82, 2.24) is 5.32 Å². The molecule has 1 atom stereocenters. The predicted octanol–water partition coefficient (Wildman–Crippen LogP) is 3.28. The maximum Gasteiger partial charge on any atom is 0.138 e. The Morgan fingerprint density at radius 2 is 2.33 bits per heavy atom. The molecule has 15 heavy (non-hydrogen) atoms. The van der Waals surface area contributed by atoms with Gasteiger partial charge >= 0.3 is 0 Å². The molecule has 82 valence electrons. The standard InChI is InChI=1S/C11H13ClFNS/c1-15-11-9(12)4-8(5-10(11)13)7-2-3-14-6-7/h4-5,7,14H,2-3,6H2,1H3. The number of benzene rings is 1. The van der Waals surface area contributed by atoms with E-state index in [9.17, 15) is 4.39 Å². The first kappa shape index (κ1) is 11.2. The molecule has 0 bridgehead atoms. The van der Waals surface area contributed by atoms with Crippen LogP contribution in [0.1, 0.15) is 17.9 Å². The zero-order valence-electron chi connectivity index (χ0n) is 8.52. The van der Waals surface area contributed by atoms with Gasteiger partial charge in [-0.2, -0.15) is 0 Å². The summed E-state index contributed by atoms with van der Waals surface area (Å²) in [6.45, 7) is 1.93. The van der Waals surface area contributed by atoms with Crippen LogP contribution in [-0.4, -0.2) is 19.3 Å². The van der Waals surface area contributed by atoms with E-state index in [1.165, 1.54) is 11.8 Å². The summed E-state index contributed by atoms with van der Waals surface area (Å²) >= 11 is 7.38. The minimum Gasteiger partial charge on any atom is -0.316 e. The number of halogens is 2. The van der Waals surface area contributed by atoms with Gasteiger partial charge in [0.15, 0.2) is 0 Å². The van der Waals surface area contributed by atoms with Crippen molar-refractivity contribution in [1.29, 1.82) is 0 Å². The van der Waals surface area contributed by atoms with Crippen molar-refractivity contribution in [3.8, 4) is 0 Å². The normalized spacial score (nSPS) is 20.9.